The van der Waals surface area contributed by atoms with E-state index in [-0.39, 0.29) is 0 Å². The lowest BCUT2D eigenvalue weighted by atomic mass is 10.1. The van der Waals surface area contributed by atoms with Crippen molar-refractivity contribution >= 4 is 27.4 Å². The predicted molar refractivity (Wildman–Crippen MR) is 90.6 cm³/mol. The highest BCUT2D eigenvalue weighted by molar-refractivity contribution is 7.17. The molecule has 3 aromatic rings. The van der Waals surface area contributed by atoms with Gasteiger partial charge in [-0.2, -0.15) is 0 Å². The van der Waals surface area contributed by atoms with Crippen molar-refractivity contribution in [1.29, 1.82) is 0 Å². The highest BCUT2D eigenvalue weighted by Gasteiger charge is 2.20. The fourth-order valence-electron chi connectivity index (χ4n) is 2.86. The van der Waals surface area contributed by atoms with Crippen molar-refractivity contribution in [2.45, 2.75) is 6.92 Å². The third-order valence-corrected chi connectivity index (χ3v) is 4.79. The van der Waals surface area contributed by atoms with Crippen LogP contribution in [0.1, 0.15) is 5.82 Å². The minimum atomic E-state index is 0.759. The molecule has 1 fully saturated rings. The van der Waals surface area contributed by atoms with Gasteiger partial charge in [0.25, 0.3) is 0 Å². The molecule has 2 aromatic heterocycles. The summed E-state index contributed by atoms with van der Waals surface area (Å²) in [5, 5.41) is 3.36. The number of benzene rings is 1. The van der Waals surface area contributed by atoms with E-state index in [2.05, 4.69) is 39.5 Å². The number of nitrogens with zero attached hydrogens (tertiary/aromatic N) is 3. The Morgan fingerprint density at radius 2 is 1.86 bits per heavy atom. The number of ether oxygens (including phenoxy) is 1. The molecule has 0 amide bonds. The predicted octanol–water partition coefficient (Wildman–Crippen LogP) is 3.50. The zero-order valence-corrected chi connectivity index (χ0v) is 13.3. The van der Waals surface area contributed by atoms with Crippen LogP contribution in [0.3, 0.4) is 0 Å². The molecular formula is C17H17N3OS. The van der Waals surface area contributed by atoms with Crippen LogP contribution in [0, 0.1) is 6.92 Å². The van der Waals surface area contributed by atoms with E-state index in [0.29, 0.717) is 0 Å². The number of morpholine rings is 1. The third-order valence-electron chi connectivity index (χ3n) is 3.92. The maximum Gasteiger partial charge on any atom is 0.141 e. The number of rotatable bonds is 2. The van der Waals surface area contributed by atoms with E-state index in [9.17, 15) is 0 Å². The standard InChI is InChI=1S/C17H17N3OS/c1-12-18-16(20-7-9-21-10-8-20)15-14(11-22-17(15)19-12)13-5-3-2-4-6-13/h2-6,11H,7-10H2,1H3. The second-order valence-electron chi connectivity index (χ2n) is 5.39. The van der Waals surface area contributed by atoms with Crippen LogP contribution in [-0.4, -0.2) is 36.3 Å². The van der Waals surface area contributed by atoms with Crippen molar-refractivity contribution in [3.05, 3.63) is 41.5 Å². The van der Waals surface area contributed by atoms with Gasteiger partial charge in [0.2, 0.25) is 0 Å². The molecule has 4 nitrogen and oxygen atoms in total. The lowest BCUT2D eigenvalue weighted by molar-refractivity contribution is 0.122. The highest BCUT2D eigenvalue weighted by Crippen LogP contribution is 2.38. The minimum Gasteiger partial charge on any atom is -0.378 e. The fourth-order valence-corrected chi connectivity index (χ4v) is 3.85. The van der Waals surface area contributed by atoms with E-state index in [0.717, 1.165) is 42.8 Å². The first-order valence-corrected chi connectivity index (χ1v) is 8.35. The summed E-state index contributed by atoms with van der Waals surface area (Å²) in [7, 11) is 0. The van der Waals surface area contributed by atoms with Gasteiger partial charge in [-0.25, -0.2) is 9.97 Å². The first-order chi connectivity index (χ1) is 10.8. The molecule has 0 N–H and O–H groups in total. The van der Waals surface area contributed by atoms with Gasteiger partial charge in [-0.1, -0.05) is 30.3 Å². The van der Waals surface area contributed by atoms with Crippen LogP contribution < -0.4 is 4.90 Å². The van der Waals surface area contributed by atoms with Gasteiger partial charge in [0, 0.05) is 24.0 Å². The van der Waals surface area contributed by atoms with Crippen molar-refractivity contribution in [2.75, 3.05) is 31.2 Å². The zero-order valence-electron chi connectivity index (χ0n) is 12.5. The Morgan fingerprint density at radius 3 is 2.64 bits per heavy atom. The Kier molecular flexibility index (Phi) is 3.52. The Labute approximate surface area is 133 Å². The molecule has 4 rings (SSSR count). The summed E-state index contributed by atoms with van der Waals surface area (Å²) in [6, 6.07) is 10.5. The number of hydrogen-bond acceptors (Lipinski definition) is 5. The molecule has 1 aliphatic rings. The number of anilines is 1. The lowest BCUT2D eigenvalue weighted by Crippen LogP contribution is -2.37. The summed E-state index contributed by atoms with van der Waals surface area (Å²) < 4.78 is 5.48. The van der Waals surface area contributed by atoms with Crippen LogP contribution in [0.4, 0.5) is 5.82 Å². The van der Waals surface area contributed by atoms with Crippen molar-refractivity contribution in [3.8, 4) is 11.1 Å². The molecule has 1 aliphatic heterocycles. The number of fused-ring (bicyclic) bond motifs is 1. The maximum absolute atomic E-state index is 5.48. The largest absolute Gasteiger partial charge is 0.378 e. The van der Waals surface area contributed by atoms with Crippen molar-refractivity contribution in [3.63, 3.8) is 0 Å². The molecule has 1 aromatic carbocycles. The number of aryl methyl sites for hydroxylation is 1. The molecule has 0 bridgehead atoms. The molecule has 0 saturated carbocycles. The molecule has 3 heterocycles. The first-order valence-electron chi connectivity index (χ1n) is 7.47. The van der Waals surface area contributed by atoms with Crippen LogP contribution >= 0.6 is 11.3 Å². The van der Waals surface area contributed by atoms with Gasteiger partial charge in [-0.3, -0.25) is 0 Å². The smallest absolute Gasteiger partial charge is 0.141 e. The average Bonchev–Trinajstić information content (AvgIpc) is 2.99. The van der Waals surface area contributed by atoms with Crippen molar-refractivity contribution < 1.29 is 4.74 Å². The molecule has 0 atom stereocenters. The molecule has 112 valence electrons. The van der Waals surface area contributed by atoms with Crippen molar-refractivity contribution in [2.24, 2.45) is 0 Å². The van der Waals surface area contributed by atoms with E-state index in [1.54, 1.807) is 11.3 Å². The molecule has 5 heteroatoms. The maximum atomic E-state index is 5.48. The molecule has 0 spiro atoms. The Bertz CT molecular complexity index is 794. The zero-order chi connectivity index (χ0) is 14.9. The van der Waals surface area contributed by atoms with E-state index >= 15 is 0 Å². The number of thiophene rings is 1. The average molecular weight is 311 g/mol. The monoisotopic (exact) mass is 311 g/mol. The Hall–Kier alpha value is -1.98. The Balaban J connectivity index is 1.92. The molecule has 0 aliphatic carbocycles. The van der Waals surface area contributed by atoms with Gasteiger partial charge in [-0.15, -0.1) is 11.3 Å². The summed E-state index contributed by atoms with van der Waals surface area (Å²) in [5.74, 6) is 1.88. The summed E-state index contributed by atoms with van der Waals surface area (Å²) >= 11 is 1.69. The molecule has 1 saturated heterocycles. The Morgan fingerprint density at radius 1 is 1.09 bits per heavy atom. The SMILES string of the molecule is Cc1nc(N2CCOCC2)c2c(-c3ccccc3)csc2n1. The van der Waals surface area contributed by atoms with E-state index in [1.807, 2.05) is 13.0 Å². The third kappa shape index (κ3) is 2.36. The molecular weight excluding hydrogens is 294 g/mol. The second kappa shape index (κ2) is 5.66. The van der Waals surface area contributed by atoms with Crippen LogP contribution in [0.5, 0.6) is 0 Å². The summed E-state index contributed by atoms with van der Waals surface area (Å²) in [4.78, 5) is 12.8. The second-order valence-corrected chi connectivity index (χ2v) is 6.25. The van der Waals surface area contributed by atoms with Crippen LogP contribution in [0.25, 0.3) is 21.3 Å². The van der Waals surface area contributed by atoms with Gasteiger partial charge >= 0.3 is 0 Å². The topological polar surface area (TPSA) is 38.2 Å². The van der Waals surface area contributed by atoms with Gasteiger partial charge in [0.15, 0.2) is 0 Å². The normalized spacial score (nSPS) is 15.4. The van der Waals surface area contributed by atoms with E-state index < -0.39 is 0 Å². The summed E-state index contributed by atoms with van der Waals surface area (Å²) in [6.45, 7) is 5.25. The van der Waals surface area contributed by atoms with Crippen molar-refractivity contribution in [1.82, 2.24) is 9.97 Å². The first kappa shape index (κ1) is 13.7. The van der Waals surface area contributed by atoms with Gasteiger partial charge in [-0.05, 0) is 12.5 Å². The quantitative estimate of drug-likeness (QED) is 0.726. The summed E-state index contributed by atoms with van der Waals surface area (Å²) in [6.07, 6.45) is 0. The lowest BCUT2D eigenvalue weighted by Gasteiger charge is -2.28. The number of aromatic nitrogens is 2. The van der Waals surface area contributed by atoms with Gasteiger partial charge < -0.3 is 9.64 Å². The molecule has 0 unspecified atom stereocenters. The van der Waals surface area contributed by atoms with Crippen LogP contribution in [0.2, 0.25) is 0 Å². The van der Waals surface area contributed by atoms with Crippen LogP contribution in [-0.2, 0) is 4.74 Å². The van der Waals surface area contributed by atoms with Gasteiger partial charge in [0.1, 0.15) is 16.5 Å². The molecule has 22 heavy (non-hydrogen) atoms. The molecule has 0 radical (unpaired) electrons. The summed E-state index contributed by atoms with van der Waals surface area (Å²) in [5.41, 5.74) is 2.44. The van der Waals surface area contributed by atoms with Crippen LogP contribution in [0.15, 0.2) is 35.7 Å². The van der Waals surface area contributed by atoms with E-state index in [4.69, 9.17) is 9.72 Å². The number of hydrogen-bond donors (Lipinski definition) is 0. The fraction of sp³-hybridized carbons (Fsp3) is 0.294. The van der Waals surface area contributed by atoms with Gasteiger partial charge in [0.05, 0.1) is 18.6 Å². The van der Waals surface area contributed by atoms with E-state index in [1.165, 1.54) is 16.5 Å². The minimum absolute atomic E-state index is 0.759. The highest BCUT2D eigenvalue weighted by atomic mass is 32.1.